The third-order valence-corrected chi connectivity index (χ3v) is 4.64. The monoisotopic (exact) mass is 425 g/mol. The highest BCUT2D eigenvalue weighted by Crippen LogP contribution is 2.18. The van der Waals surface area contributed by atoms with Crippen LogP contribution in [0.25, 0.3) is 0 Å². The molecule has 1 aromatic heterocycles. The minimum absolute atomic E-state index is 0.127. The summed E-state index contributed by atoms with van der Waals surface area (Å²) in [5.74, 6) is -0.234. The Morgan fingerprint density at radius 2 is 1.77 bits per heavy atom. The number of hydrogen-bond donors (Lipinski definition) is 2. The predicted octanol–water partition coefficient (Wildman–Crippen LogP) is 3.06. The SMILES string of the molecule is NC(=O)CCOc1ccc(NC(=O)c2ccc(=O)n(Cc3ccccc3Cl)c2)cc1. The first-order valence-electron chi connectivity index (χ1n) is 9.19. The average Bonchev–Trinajstić information content (AvgIpc) is 2.72. The molecule has 0 aliphatic rings. The predicted molar refractivity (Wildman–Crippen MR) is 115 cm³/mol. The molecule has 0 radical (unpaired) electrons. The number of ether oxygens (including phenoxy) is 1. The highest BCUT2D eigenvalue weighted by Gasteiger charge is 2.10. The summed E-state index contributed by atoms with van der Waals surface area (Å²) >= 11 is 6.17. The number of carbonyl (C=O) groups excluding carboxylic acids is 2. The molecule has 0 aliphatic heterocycles. The van der Waals surface area contributed by atoms with E-state index in [2.05, 4.69) is 5.32 Å². The van der Waals surface area contributed by atoms with E-state index in [1.165, 1.54) is 22.9 Å². The Kier molecular flexibility index (Phi) is 6.87. The van der Waals surface area contributed by atoms with Crippen molar-refractivity contribution in [3.63, 3.8) is 0 Å². The van der Waals surface area contributed by atoms with Crippen molar-refractivity contribution in [3.05, 3.63) is 93.4 Å². The molecule has 154 valence electrons. The van der Waals surface area contributed by atoms with Gasteiger partial charge < -0.3 is 20.4 Å². The molecule has 0 saturated carbocycles. The summed E-state index contributed by atoms with van der Waals surface area (Å²) in [6.07, 6.45) is 1.63. The maximum absolute atomic E-state index is 12.6. The zero-order valence-electron chi connectivity index (χ0n) is 16.0. The molecule has 0 saturated heterocycles. The molecule has 7 nitrogen and oxygen atoms in total. The fourth-order valence-electron chi connectivity index (χ4n) is 2.71. The second-order valence-corrected chi connectivity index (χ2v) is 6.93. The topological polar surface area (TPSA) is 103 Å². The van der Waals surface area contributed by atoms with Crippen LogP contribution in [0.15, 0.2) is 71.7 Å². The molecule has 0 unspecified atom stereocenters. The number of nitrogens with one attached hydrogen (secondary N) is 1. The molecule has 2 amide bonds. The van der Waals surface area contributed by atoms with Gasteiger partial charge in [-0.25, -0.2) is 0 Å². The summed E-state index contributed by atoms with van der Waals surface area (Å²) in [6.45, 7) is 0.449. The van der Waals surface area contributed by atoms with Gasteiger partial charge in [-0.2, -0.15) is 0 Å². The van der Waals surface area contributed by atoms with Gasteiger partial charge in [0.05, 0.1) is 25.1 Å². The molecule has 3 rings (SSSR count). The van der Waals surface area contributed by atoms with Crippen molar-refractivity contribution in [3.8, 4) is 5.75 Å². The molecule has 0 atom stereocenters. The molecular weight excluding hydrogens is 406 g/mol. The zero-order valence-corrected chi connectivity index (χ0v) is 16.8. The van der Waals surface area contributed by atoms with Crippen LogP contribution in [0.1, 0.15) is 22.3 Å². The number of halogens is 1. The van der Waals surface area contributed by atoms with Gasteiger partial charge in [-0.05, 0) is 42.0 Å². The highest BCUT2D eigenvalue weighted by atomic mass is 35.5. The van der Waals surface area contributed by atoms with Crippen LogP contribution < -0.4 is 21.3 Å². The Morgan fingerprint density at radius 3 is 2.47 bits per heavy atom. The van der Waals surface area contributed by atoms with Crippen LogP contribution >= 0.6 is 11.6 Å². The third kappa shape index (κ3) is 5.71. The van der Waals surface area contributed by atoms with Crippen molar-refractivity contribution in [2.45, 2.75) is 13.0 Å². The van der Waals surface area contributed by atoms with Gasteiger partial charge in [-0.15, -0.1) is 0 Å². The number of benzene rings is 2. The minimum atomic E-state index is -0.435. The first-order valence-corrected chi connectivity index (χ1v) is 9.56. The first-order chi connectivity index (χ1) is 14.4. The molecule has 0 spiro atoms. The van der Waals surface area contributed by atoms with Crippen molar-refractivity contribution in [2.24, 2.45) is 5.73 Å². The summed E-state index contributed by atoms with van der Waals surface area (Å²) < 4.78 is 6.83. The molecule has 3 N–H and O–H groups in total. The number of anilines is 1. The van der Waals surface area contributed by atoms with E-state index >= 15 is 0 Å². The van der Waals surface area contributed by atoms with Crippen LogP contribution in [0, 0.1) is 0 Å². The fourth-order valence-corrected chi connectivity index (χ4v) is 2.90. The number of pyridine rings is 1. The van der Waals surface area contributed by atoms with Crippen molar-refractivity contribution in [1.82, 2.24) is 4.57 Å². The number of nitrogens with two attached hydrogens (primary N) is 1. The van der Waals surface area contributed by atoms with Crippen molar-refractivity contribution < 1.29 is 14.3 Å². The molecule has 1 heterocycles. The average molecular weight is 426 g/mol. The first kappa shape index (κ1) is 21.1. The summed E-state index contributed by atoms with van der Waals surface area (Å²) in [5, 5.41) is 3.32. The van der Waals surface area contributed by atoms with Gasteiger partial charge in [0.1, 0.15) is 5.75 Å². The summed E-state index contributed by atoms with van der Waals surface area (Å²) in [6, 6.07) is 16.8. The summed E-state index contributed by atoms with van der Waals surface area (Å²) in [4.78, 5) is 35.5. The maximum atomic E-state index is 12.6. The third-order valence-electron chi connectivity index (χ3n) is 4.27. The fraction of sp³-hybridized carbons (Fsp3) is 0.136. The highest BCUT2D eigenvalue weighted by molar-refractivity contribution is 6.31. The van der Waals surface area contributed by atoms with Crippen LogP contribution in [-0.4, -0.2) is 23.0 Å². The lowest BCUT2D eigenvalue weighted by Gasteiger charge is -2.11. The second kappa shape index (κ2) is 9.76. The number of rotatable bonds is 8. The Morgan fingerprint density at radius 1 is 1.03 bits per heavy atom. The van der Waals surface area contributed by atoms with Crippen molar-refractivity contribution >= 4 is 29.1 Å². The van der Waals surface area contributed by atoms with Crippen LogP contribution in [0.2, 0.25) is 5.02 Å². The van der Waals surface area contributed by atoms with E-state index in [0.29, 0.717) is 22.0 Å². The molecule has 3 aromatic rings. The van der Waals surface area contributed by atoms with Gasteiger partial charge >= 0.3 is 0 Å². The Balaban J connectivity index is 1.67. The van der Waals surface area contributed by atoms with Gasteiger partial charge in [0, 0.05) is 23.0 Å². The Labute approximate surface area is 178 Å². The van der Waals surface area contributed by atoms with Crippen LogP contribution in [0.3, 0.4) is 0 Å². The largest absolute Gasteiger partial charge is 0.493 e. The lowest BCUT2D eigenvalue weighted by Crippen LogP contribution is -2.22. The Bertz CT molecular complexity index is 1110. The van der Waals surface area contributed by atoms with Crippen LogP contribution in [0.4, 0.5) is 5.69 Å². The lowest BCUT2D eigenvalue weighted by atomic mass is 10.2. The number of primary amides is 1. The quantitative estimate of drug-likeness (QED) is 0.578. The lowest BCUT2D eigenvalue weighted by molar-refractivity contribution is -0.118. The number of amides is 2. The number of carbonyl (C=O) groups is 2. The second-order valence-electron chi connectivity index (χ2n) is 6.52. The standard InChI is InChI=1S/C22H20ClN3O4/c23-19-4-2-1-3-15(19)13-26-14-16(5-10-21(26)28)22(29)25-17-6-8-18(9-7-17)30-12-11-20(24)27/h1-10,14H,11-13H2,(H2,24,27)(H,25,29). The van der Waals surface area contributed by atoms with E-state index in [1.54, 1.807) is 30.3 Å². The summed E-state index contributed by atoms with van der Waals surface area (Å²) in [5.41, 5.74) is 6.52. The van der Waals surface area contributed by atoms with Crippen LogP contribution in [-0.2, 0) is 11.3 Å². The smallest absolute Gasteiger partial charge is 0.257 e. The van der Waals surface area contributed by atoms with E-state index in [9.17, 15) is 14.4 Å². The molecule has 2 aromatic carbocycles. The molecular formula is C22H20ClN3O4. The van der Waals surface area contributed by atoms with Gasteiger partial charge in [-0.3, -0.25) is 14.4 Å². The van der Waals surface area contributed by atoms with Crippen molar-refractivity contribution in [2.75, 3.05) is 11.9 Å². The number of aromatic nitrogens is 1. The van der Waals surface area contributed by atoms with E-state index in [-0.39, 0.29) is 31.0 Å². The molecule has 30 heavy (non-hydrogen) atoms. The zero-order chi connectivity index (χ0) is 21.5. The molecule has 0 bridgehead atoms. The van der Waals surface area contributed by atoms with E-state index in [0.717, 1.165) is 5.56 Å². The van der Waals surface area contributed by atoms with Gasteiger partial charge in [0.15, 0.2) is 0 Å². The van der Waals surface area contributed by atoms with E-state index < -0.39 is 5.91 Å². The number of nitrogens with zero attached hydrogens (tertiary/aromatic N) is 1. The summed E-state index contributed by atoms with van der Waals surface area (Å²) in [7, 11) is 0. The normalized spacial score (nSPS) is 10.4. The molecule has 0 aliphatic carbocycles. The van der Waals surface area contributed by atoms with Crippen LogP contribution in [0.5, 0.6) is 5.75 Å². The van der Waals surface area contributed by atoms with Gasteiger partial charge in [0.25, 0.3) is 11.5 Å². The van der Waals surface area contributed by atoms with E-state index in [1.807, 2.05) is 18.2 Å². The van der Waals surface area contributed by atoms with Gasteiger partial charge in [-0.1, -0.05) is 29.8 Å². The van der Waals surface area contributed by atoms with E-state index in [4.69, 9.17) is 22.1 Å². The maximum Gasteiger partial charge on any atom is 0.257 e. The minimum Gasteiger partial charge on any atom is -0.493 e. The van der Waals surface area contributed by atoms with Crippen molar-refractivity contribution in [1.29, 1.82) is 0 Å². The Hall–Kier alpha value is -3.58. The van der Waals surface area contributed by atoms with Gasteiger partial charge in [0.2, 0.25) is 5.91 Å². The number of hydrogen-bond acceptors (Lipinski definition) is 4. The molecule has 0 fully saturated rings. The molecule has 8 heteroatoms.